The quantitative estimate of drug-likeness (QED) is 0.645. The van der Waals surface area contributed by atoms with Crippen molar-refractivity contribution in [2.75, 3.05) is 0 Å². The van der Waals surface area contributed by atoms with Gasteiger partial charge in [-0.15, -0.1) is 0 Å². The van der Waals surface area contributed by atoms with Crippen molar-refractivity contribution in [3.63, 3.8) is 0 Å². The molecule has 2 nitrogen and oxygen atoms in total. The highest BCUT2D eigenvalue weighted by atomic mass is 14.7. The zero-order valence-electron chi connectivity index (χ0n) is 15.6. The Labute approximate surface area is 135 Å². The lowest BCUT2D eigenvalue weighted by Crippen LogP contribution is -2.15. The SMILES string of the molecule is [2H]C([2H])([2H])c1ncccc1-c1cc2c(cn1)-c1ccccc1C2(C)C. The Morgan fingerprint density at radius 1 is 0.909 bits per heavy atom. The highest BCUT2D eigenvalue weighted by Crippen LogP contribution is 2.48. The van der Waals surface area contributed by atoms with Crippen LogP contribution in [0.25, 0.3) is 22.4 Å². The number of aromatic nitrogens is 2. The van der Waals surface area contributed by atoms with Gasteiger partial charge in [0, 0.05) is 38.7 Å². The zero-order chi connectivity index (χ0) is 17.8. The molecule has 1 aliphatic rings. The van der Waals surface area contributed by atoms with Crippen molar-refractivity contribution in [2.24, 2.45) is 0 Å². The maximum atomic E-state index is 7.74. The first-order chi connectivity index (χ1) is 11.8. The van der Waals surface area contributed by atoms with Crippen LogP contribution >= 0.6 is 0 Å². The van der Waals surface area contributed by atoms with Crippen molar-refractivity contribution in [3.8, 4) is 22.4 Å². The monoisotopic (exact) mass is 289 g/mol. The summed E-state index contributed by atoms with van der Waals surface area (Å²) in [6.07, 6.45) is 3.37. The number of pyridine rings is 2. The molecule has 108 valence electrons. The average molecular weight is 289 g/mol. The molecule has 0 radical (unpaired) electrons. The van der Waals surface area contributed by atoms with E-state index >= 15 is 0 Å². The van der Waals surface area contributed by atoms with Crippen LogP contribution in [0.5, 0.6) is 0 Å². The molecule has 22 heavy (non-hydrogen) atoms. The van der Waals surface area contributed by atoms with Crippen LogP contribution in [0.1, 0.15) is 34.8 Å². The van der Waals surface area contributed by atoms with Crippen LogP contribution in [0.3, 0.4) is 0 Å². The third-order valence-corrected chi connectivity index (χ3v) is 4.55. The fraction of sp³-hybridized carbons (Fsp3) is 0.200. The lowest BCUT2D eigenvalue weighted by molar-refractivity contribution is 0.660. The molecule has 3 aromatic rings. The fourth-order valence-electron chi connectivity index (χ4n) is 3.35. The first-order valence-corrected chi connectivity index (χ1v) is 7.36. The van der Waals surface area contributed by atoms with E-state index < -0.39 is 6.85 Å². The van der Waals surface area contributed by atoms with Gasteiger partial charge in [-0.3, -0.25) is 9.97 Å². The molecule has 0 aliphatic heterocycles. The van der Waals surface area contributed by atoms with Crippen LogP contribution < -0.4 is 0 Å². The Kier molecular flexibility index (Phi) is 2.11. The normalized spacial score (nSPS) is 17.1. The van der Waals surface area contributed by atoms with Gasteiger partial charge in [-0.2, -0.15) is 0 Å². The van der Waals surface area contributed by atoms with Gasteiger partial charge in [0.15, 0.2) is 0 Å². The van der Waals surface area contributed by atoms with E-state index in [1.165, 1.54) is 22.9 Å². The van der Waals surface area contributed by atoms with Crippen LogP contribution in [-0.2, 0) is 5.41 Å². The van der Waals surface area contributed by atoms with Gasteiger partial charge in [0.2, 0.25) is 0 Å². The van der Waals surface area contributed by atoms with E-state index in [-0.39, 0.29) is 11.1 Å². The number of hydrogen-bond donors (Lipinski definition) is 0. The summed E-state index contributed by atoms with van der Waals surface area (Å²) in [4.78, 5) is 8.66. The Hall–Kier alpha value is -2.48. The van der Waals surface area contributed by atoms with Crippen LogP contribution in [0.4, 0.5) is 0 Å². The minimum atomic E-state index is -2.27. The van der Waals surface area contributed by atoms with Gasteiger partial charge in [-0.05, 0) is 41.7 Å². The second-order valence-electron chi connectivity index (χ2n) is 6.19. The summed E-state index contributed by atoms with van der Waals surface area (Å²) >= 11 is 0. The third kappa shape index (κ3) is 1.73. The van der Waals surface area contributed by atoms with E-state index in [0.717, 1.165) is 5.56 Å². The van der Waals surface area contributed by atoms with E-state index in [4.69, 9.17) is 4.11 Å². The van der Waals surface area contributed by atoms with Gasteiger partial charge in [-0.1, -0.05) is 38.1 Å². The standard InChI is InChI=1S/C20H18N2/c1-13-14(8-6-10-21-13)19-11-18-16(12-22-19)15-7-4-5-9-17(15)20(18,2)3/h4-12H,1-3H3/i1D3. The predicted octanol–water partition coefficient (Wildman–Crippen LogP) is 4.76. The number of aryl methyl sites for hydroxylation is 1. The van der Waals surface area contributed by atoms with Crippen molar-refractivity contribution in [2.45, 2.75) is 26.1 Å². The van der Waals surface area contributed by atoms with Crippen LogP contribution in [0.15, 0.2) is 54.9 Å². The predicted molar refractivity (Wildman–Crippen MR) is 89.8 cm³/mol. The summed E-state index contributed by atoms with van der Waals surface area (Å²) in [5.41, 5.74) is 5.91. The van der Waals surface area contributed by atoms with E-state index in [9.17, 15) is 0 Å². The van der Waals surface area contributed by atoms with Crippen molar-refractivity contribution < 1.29 is 4.11 Å². The number of benzene rings is 1. The maximum Gasteiger partial charge on any atom is 0.0723 e. The van der Waals surface area contributed by atoms with E-state index in [2.05, 4.69) is 42.0 Å². The summed E-state index contributed by atoms with van der Waals surface area (Å²) in [6, 6.07) is 13.9. The Morgan fingerprint density at radius 3 is 2.59 bits per heavy atom. The highest BCUT2D eigenvalue weighted by molar-refractivity contribution is 5.82. The first-order valence-electron chi connectivity index (χ1n) is 8.86. The van der Waals surface area contributed by atoms with Gasteiger partial charge in [0.1, 0.15) is 0 Å². The summed E-state index contributed by atoms with van der Waals surface area (Å²) in [5.74, 6) is 0. The van der Waals surface area contributed by atoms with Gasteiger partial charge in [0.25, 0.3) is 0 Å². The highest BCUT2D eigenvalue weighted by Gasteiger charge is 2.35. The van der Waals surface area contributed by atoms with E-state index in [0.29, 0.717) is 11.3 Å². The smallest absolute Gasteiger partial charge is 0.0723 e. The molecule has 2 aromatic heterocycles. The number of rotatable bonds is 1. The van der Waals surface area contributed by atoms with Crippen molar-refractivity contribution >= 4 is 0 Å². The number of fused-ring (bicyclic) bond motifs is 3. The van der Waals surface area contributed by atoms with Gasteiger partial charge in [-0.25, -0.2) is 0 Å². The molecule has 0 bridgehead atoms. The van der Waals surface area contributed by atoms with Gasteiger partial charge >= 0.3 is 0 Å². The van der Waals surface area contributed by atoms with E-state index in [1.54, 1.807) is 12.1 Å². The number of hydrogen-bond acceptors (Lipinski definition) is 2. The molecule has 0 spiro atoms. The molecule has 0 unspecified atom stereocenters. The molecule has 2 heteroatoms. The van der Waals surface area contributed by atoms with E-state index in [1.807, 2.05) is 18.3 Å². The van der Waals surface area contributed by atoms with Gasteiger partial charge in [0.05, 0.1) is 5.69 Å². The second kappa shape index (κ2) is 4.51. The molecule has 0 saturated carbocycles. The van der Waals surface area contributed by atoms with Crippen LogP contribution in [-0.4, -0.2) is 9.97 Å². The zero-order valence-corrected chi connectivity index (χ0v) is 12.6. The van der Waals surface area contributed by atoms with Crippen molar-refractivity contribution in [3.05, 3.63) is 71.7 Å². The summed E-state index contributed by atoms with van der Waals surface area (Å²) in [6.45, 7) is 2.11. The second-order valence-corrected chi connectivity index (χ2v) is 6.19. The lowest BCUT2D eigenvalue weighted by Gasteiger charge is -2.21. The molecule has 1 aliphatic carbocycles. The first kappa shape index (κ1) is 10.3. The Balaban J connectivity index is 1.93. The van der Waals surface area contributed by atoms with Crippen LogP contribution in [0.2, 0.25) is 0 Å². The Morgan fingerprint density at radius 2 is 1.73 bits per heavy atom. The van der Waals surface area contributed by atoms with Gasteiger partial charge < -0.3 is 0 Å². The lowest BCUT2D eigenvalue weighted by atomic mass is 9.82. The maximum absolute atomic E-state index is 7.74. The molecule has 1 aromatic carbocycles. The Bertz CT molecular complexity index is 975. The molecule has 4 rings (SSSR count). The minimum absolute atomic E-state index is 0.0933. The molecular weight excluding hydrogens is 268 g/mol. The third-order valence-electron chi connectivity index (χ3n) is 4.55. The summed E-state index contributed by atoms with van der Waals surface area (Å²) < 4.78 is 23.2. The molecule has 0 fully saturated rings. The molecule has 0 atom stereocenters. The average Bonchev–Trinajstić information content (AvgIpc) is 2.82. The molecule has 0 amide bonds. The molecule has 0 N–H and O–H groups in total. The molecule has 0 saturated heterocycles. The minimum Gasteiger partial charge on any atom is -0.261 e. The largest absolute Gasteiger partial charge is 0.261 e. The summed E-state index contributed by atoms with van der Waals surface area (Å²) in [5, 5.41) is 0. The molecular formula is C20H18N2. The summed E-state index contributed by atoms with van der Waals surface area (Å²) in [7, 11) is 0. The van der Waals surface area contributed by atoms with Crippen molar-refractivity contribution in [1.82, 2.24) is 9.97 Å². The van der Waals surface area contributed by atoms with Crippen molar-refractivity contribution in [1.29, 1.82) is 0 Å². The van der Waals surface area contributed by atoms with Crippen LogP contribution in [0, 0.1) is 6.85 Å². The topological polar surface area (TPSA) is 25.8 Å². The fourth-order valence-corrected chi connectivity index (χ4v) is 3.35. The number of nitrogens with zero attached hydrogens (tertiary/aromatic N) is 2. The molecule has 2 heterocycles.